The van der Waals surface area contributed by atoms with Gasteiger partial charge in [0.2, 0.25) is 0 Å². The van der Waals surface area contributed by atoms with Crippen LogP contribution in [0.5, 0.6) is 17.2 Å². The minimum absolute atomic E-state index is 0.204. The average Bonchev–Trinajstić information content (AvgIpc) is 3.00. The molecule has 5 rings (SSSR count). The van der Waals surface area contributed by atoms with Crippen molar-refractivity contribution in [3.8, 4) is 28.6 Å². The Morgan fingerprint density at radius 2 is 1.75 bits per heavy atom. The van der Waals surface area contributed by atoms with Gasteiger partial charge in [-0.25, -0.2) is 4.98 Å². The van der Waals surface area contributed by atoms with Gasteiger partial charge in [0.25, 0.3) is 5.56 Å². The van der Waals surface area contributed by atoms with Gasteiger partial charge in [0.05, 0.1) is 30.8 Å². The monoisotopic (exact) mass is 653 g/mol. The number of fused-ring (bicyclic) bond motifs is 1. The number of ether oxygens (including phenoxy) is 3. The molecule has 0 saturated heterocycles. The first-order valence-electron chi connectivity index (χ1n) is 14.6. The molecular weight excluding hydrogens is 618 g/mol. The molecule has 0 bridgehead atoms. The Kier molecular flexibility index (Phi) is 9.49. The molecule has 7 nitrogen and oxygen atoms in total. The number of benzene rings is 4. The van der Waals surface area contributed by atoms with Gasteiger partial charge in [-0.3, -0.25) is 4.79 Å². The van der Waals surface area contributed by atoms with E-state index in [1.807, 2.05) is 62.4 Å². The minimum Gasteiger partial charge on any atom is -0.494 e. The summed E-state index contributed by atoms with van der Waals surface area (Å²) in [5, 5.41) is 5.19. The number of para-hydroxylation sites is 1. The summed E-state index contributed by atoms with van der Waals surface area (Å²) in [5.74, 6) is 2.64. The lowest BCUT2D eigenvalue weighted by molar-refractivity contribution is 0.284. The van der Waals surface area contributed by atoms with E-state index < -0.39 is 0 Å². The van der Waals surface area contributed by atoms with Gasteiger partial charge >= 0.3 is 0 Å². The number of hydrogen-bond acceptors (Lipinski definition) is 6. The van der Waals surface area contributed by atoms with Crippen LogP contribution in [0.3, 0.4) is 0 Å². The third-order valence-corrected chi connectivity index (χ3v) is 8.03. The maximum Gasteiger partial charge on any atom is 0.282 e. The first-order chi connectivity index (χ1) is 21.2. The fourth-order valence-corrected chi connectivity index (χ4v) is 5.51. The van der Waals surface area contributed by atoms with Crippen molar-refractivity contribution in [3.63, 3.8) is 0 Å². The maximum atomic E-state index is 13.9. The molecule has 0 aliphatic heterocycles. The lowest BCUT2D eigenvalue weighted by Crippen LogP contribution is -2.21. The van der Waals surface area contributed by atoms with Crippen molar-refractivity contribution in [1.82, 2.24) is 9.66 Å². The van der Waals surface area contributed by atoms with E-state index >= 15 is 0 Å². The molecule has 0 saturated carbocycles. The van der Waals surface area contributed by atoms with Crippen LogP contribution in [0.15, 0.2) is 87.2 Å². The Labute approximate surface area is 266 Å². The Hall–Kier alpha value is -4.43. The second kappa shape index (κ2) is 13.5. The van der Waals surface area contributed by atoms with Gasteiger partial charge in [-0.1, -0.05) is 55.8 Å². The van der Waals surface area contributed by atoms with Crippen LogP contribution in [0.25, 0.3) is 22.3 Å². The lowest BCUT2D eigenvalue weighted by Gasteiger charge is -2.18. The molecule has 0 atom stereocenters. The van der Waals surface area contributed by atoms with E-state index in [0.29, 0.717) is 47.0 Å². The number of rotatable bonds is 10. The van der Waals surface area contributed by atoms with Crippen LogP contribution >= 0.6 is 15.9 Å². The summed E-state index contributed by atoms with van der Waals surface area (Å²) in [6, 6.07) is 23.3. The van der Waals surface area contributed by atoms with Gasteiger partial charge in [-0.05, 0) is 95.7 Å². The Bertz CT molecular complexity index is 1910. The third kappa shape index (κ3) is 6.55. The largest absolute Gasteiger partial charge is 0.494 e. The molecule has 0 fully saturated rings. The van der Waals surface area contributed by atoms with Crippen LogP contribution in [0.4, 0.5) is 0 Å². The Morgan fingerprint density at radius 3 is 2.48 bits per heavy atom. The van der Waals surface area contributed by atoms with Crippen LogP contribution < -0.4 is 19.8 Å². The van der Waals surface area contributed by atoms with Crippen LogP contribution in [-0.2, 0) is 6.61 Å². The van der Waals surface area contributed by atoms with Gasteiger partial charge in [0, 0.05) is 15.6 Å². The molecule has 1 heterocycles. The first-order valence-corrected chi connectivity index (χ1v) is 15.4. The van der Waals surface area contributed by atoms with Crippen LogP contribution in [-0.4, -0.2) is 29.6 Å². The van der Waals surface area contributed by atoms with E-state index in [9.17, 15) is 4.79 Å². The molecule has 0 N–H and O–H groups in total. The number of nitrogens with zero attached hydrogens (tertiary/aromatic N) is 3. The van der Waals surface area contributed by atoms with E-state index in [1.165, 1.54) is 10.2 Å². The number of aromatic nitrogens is 2. The van der Waals surface area contributed by atoms with Crippen molar-refractivity contribution in [3.05, 3.63) is 115 Å². The van der Waals surface area contributed by atoms with E-state index in [0.717, 1.165) is 32.5 Å². The highest BCUT2D eigenvalue weighted by Gasteiger charge is 2.19. The normalized spacial score (nSPS) is 11.5. The highest BCUT2D eigenvalue weighted by Crippen LogP contribution is 2.35. The molecule has 8 heteroatoms. The topological polar surface area (TPSA) is 74.9 Å². The van der Waals surface area contributed by atoms with E-state index in [-0.39, 0.29) is 11.5 Å². The van der Waals surface area contributed by atoms with Crippen molar-refractivity contribution >= 4 is 33.0 Å². The molecule has 1 aromatic heterocycles. The van der Waals surface area contributed by atoms with Crippen LogP contribution in [0.2, 0.25) is 0 Å². The van der Waals surface area contributed by atoms with Gasteiger partial charge in [0.15, 0.2) is 17.3 Å². The summed E-state index contributed by atoms with van der Waals surface area (Å²) in [5.41, 5.74) is 6.08. The van der Waals surface area contributed by atoms with E-state index in [1.54, 1.807) is 19.4 Å². The standard InChI is InChI=1S/C36H36BrN3O4/c1-7-43-32-16-24(5)29(18-28(32)22(2)3)35-39-31-14-9-8-13-27(31)36(41)40(35)38-20-26-17-33(42-6)34(19-30(26)37)44-21-25-12-10-11-23(4)15-25/h8-20,22H,7,21H2,1-6H3. The average molecular weight is 655 g/mol. The summed E-state index contributed by atoms with van der Waals surface area (Å²) in [7, 11) is 1.60. The van der Waals surface area contributed by atoms with Gasteiger partial charge in [0.1, 0.15) is 12.4 Å². The molecule has 0 aliphatic carbocycles. The van der Waals surface area contributed by atoms with Crippen LogP contribution in [0, 0.1) is 13.8 Å². The molecule has 4 aromatic carbocycles. The maximum absolute atomic E-state index is 13.9. The summed E-state index contributed by atoms with van der Waals surface area (Å²) in [6.07, 6.45) is 1.63. The van der Waals surface area contributed by atoms with Crippen molar-refractivity contribution in [2.75, 3.05) is 13.7 Å². The molecule has 0 radical (unpaired) electrons. The molecule has 5 aromatic rings. The smallest absolute Gasteiger partial charge is 0.282 e. The fourth-order valence-electron chi connectivity index (χ4n) is 5.08. The van der Waals surface area contributed by atoms with Crippen molar-refractivity contribution in [2.24, 2.45) is 5.10 Å². The number of hydrogen-bond donors (Lipinski definition) is 0. The molecule has 226 valence electrons. The molecule has 0 amide bonds. The number of aryl methyl sites for hydroxylation is 2. The fraction of sp³-hybridized carbons (Fsp3) is 0.250. The van der Waals surface area contributed by atoms with Crippen LogP contribution in [0.1, 0.15) is 54.5 Å². The zero-order valence-electron chi connectivity index (χ0n) is 25.8. The van der Waals surface area contributed by atoms with E-state index in [2.05, 4.69) is 54.9 Å². The quantitative estimate of drug-likeness (QED) is 0.141. The highest BCUT2D eigenvalue weighted by atomic mass is 79.9. The molecule has 0 unspecified atom stereocenters. The van der Waals surface area contributed by atoms with Crippen molar-refractivity contribution in [2.45, 2.75) is 47.1 Å². The summed E-state index contributed by atoms with van der Waals surface area (Å²) in [6.45, 7) is 11.2. The second-order valence-electron chi connectivity index (χ2n) is 10.9. The lowest BCUT2D eigenvalue weighted by atomic mass is 9.96. The zero-order chi connectivity index (χ0) is 31.4. The molecule has 0 spiro atoms. The Balaban J connectivity index is 1.59. The number of methoxy groups -OCH3 is 1. The molecular formula is C36H36BrN3O4. The van der Waals surface area contributed by atoms with Gasteiger partial charge < -0.3 is 14.2 Å². The first kappa shape index (κ1) is 31.0. The summed E-state index contributed by atoms with van der Waals surface area (Å²) in [4.78, 5) is 18.8. The Morgan fingerprint density at radius 1 is 0.955 bits per heavy atom. The van der Waals surface area contributed by atoms with Crippen molar-refractivity contribution in [1.29, 1.82) is 0 Å². The van der Waals surface area contributed by atoms with Gasteiger partial charge in [-0.15, -0.1) is 0 Å². The second-order valence-corrected chi connectivity index (χ2v) is 11.8. The SMILES string of the molecule is CCOc1cc(C)c(-c2nc3ccccc3c(=O)n2N=Cc2cc(OC)c(OCc3cccc(C)c3)cc2Br)cc1C(C)C. The predicted molar refractivity (Wildman–Crippen MR) is 181 cm³/mol. The molecule has 44 heavy (non-hydrogen) atoms. The highest BCUT2D eigenvalue weighted by molar-refractivity contribution is 9.10. The summed E-state index contributed by atoms with van der Waals surface area (Å²) >= 11 is 3.66. The summed E-state index contributed by atoms with van der Waals surface area (Å²) < 4.78 is 19.8. The molecule has 0 aliphatic rings. The number of halogens is 1. The zero-order valence-corrected chi connectivity index (χ0v) is 27.4. The van der Waals surface area contributed by atoms with Crippen molar-refractivity contribution < 1.29 is 14.2 Å². The predicted octanol–water partition coefficient (Wildman–Crippen LogP) is 8.43. The van der Waals surface area contributed by atoms with Gasteiger partial charge in [-0.2, -0.15) is 9.78 Å². The van der Waals surface area contributed by atoms with E-state index in [4.69, 9.17) is 24.3 Å². The minimum atomic E-state index is -0.262. The third-order valence-electron chi connectivity index (χ3n) is 7.35.